The number of aliphatic hydroxyl groups excluding tert-OH is 1. The number of carbonyl (C=O) groups is 5. The zero-order chi connectivity index (χ0) is 58.1. The largest absolute Gasteiger partial charge is 0.489 e. The maximum absolute atomic E-state index is 14.1. The summed E-state index contributed by atoms with van der Waals surface area (Å²) < 4.78 is 50.0. The number of piperazine rings is 1. The van der Waals surface area contributed by atoms with Gasteiger partial charge in [-0.25, -0.2) is 14.5 Å². The molecule has 414 valence electrons. The Morgan fingerprint density at radius 3 is 2.44 bits per heavy atom. The molecule has 5 aromatic rings. The summed E-state index contributed by atoms with van der Waals surface area (Å²) in [5, 5.41) is 13.9. The third-order valence-electron chi connectivity index (χ3n) is 16.7. The summed E-state index contributed by atoms with van der Waals surface area (Å²) in [6.45, 7) is 8.34. The van der Waals surface area contributed by atoms with E-state index in [9.17, 15) is 48.2 Å². The average Bonchev–Trinajstić information content (AvgIpc) is 3.25. The molecule has 23 nitrogen and oxygen atoms in total. The normalized spacial score (nSPS) is 24.1. The molecule has 1 aliphatic carbocycles. The van der Waals surface area contributed by atoms with Crippen LogP contribution >= 0.6 is 7.82 Å². The van der Waals surface area contributed by atoms with Crippen molar-refractivity contribution < 1.29 is 56.8 Å². The number of pyridine rings is 3. The van der Waals surface area contributed by atoms with Crippen molar-refractivity contribution in [3.05, 3.63) is 105 Å². The smallest absolute Gasteiger partial charge is 0.471 e. The van der Waals surface area contributed by atoms with E-state index in [1.807, 2.05) is 12.1 Å². The first kappa shape index (κ1) is 48.8. The number of likely N-dealkylation sites (tertiary alicyclic amines) is 1. The van der Waals surface area contributed by atoms with Crippen LogP contribution in [0.5, 0.6) is 5.75 Å². The Bertz CT molecular complexity index is 3620. The minimum absolute atomic E-state index is 0.0445. The van der Waals surface area contributed by atoms with Crippen molar-refractivity contribution in [2.24, 2.45) is 12.4 Å². The Morgan fingerprint density at radius 1 is 0.911 bits per heavy atom. The second kappa shape index (κ2) is 19.5. The SMILES string of the molecule is [2H]C([2H])([2H])n1cc(-c2ccnc(N3CCn4c(cc5c4CC(C)(C)C5)C3=O)c2CO)cc(Nc2ccc(N3CCN([C@@H]4CCN5c6cc7c(cc6OC[C@H]5C4)C(=O)N([C@H]4CCC(=O)N(C(C)OP(=O)(O)O)C4=O)C7=O)C[C@@H]3C)cn2)c1=O. The van der Waals surface area contributed by atoms with Crippen molar-refractivity contribution in [1.82, 2.24) is 33.8 Å². The van der Waals surface area contributed by atoms with Gasteiger partial charge in [-0.05, 0) is 105 Å². The lowest BCUT2D eigenvalue weighted by Gasteiger charge is -2.50. The van der Waals surface area contributed by atoms with Crippen molar-refractivity contribution in [2.45, 2.75) is 110 Å². The number of phosphoric ester groups is 1. The number of benzene rings is 1. The van der Waals surface area contributed by atoms with Gasteiger partial charge in [0.05, 0.1) is 41.3 Å². The van der Waals surface area contributed by atoms with Crippen LogP contribution < -0.4 is 30.3 Å². The standard InChI is InChI=1S/C55H62N11O12P/c1-30-26-60(34-11-13-62-36(20-34)29-77-46-22-39-38(21-43(46)62)50(69)66(51(39)70)42-7-9-48(68)65(54(42)73)31(2)78-79(74,75)76)14-15-61(30)35-6-8-47(57-25-35)58-41-18-33(27-59(5)52(41)71)37-10-12-56-49(40(37)28-67)64-17-16-63-44(53(64)72)19-32-23-55(3,4)24-45(32)63/h6,8,10,12,18-19,21-22,25,27,30-31,34,36,42,67H,7,9,11,13-17,20,23-24,26,28-29H2,1-5H3,(H,57,58)(H2,74,75,76)/t30-,31?,34+,36+,42-/m0/s1/i5D3. The first-order valence-corrected chi connectivity index (χ1v) is 28.1. The topological polar surface area (TPSA) is 266 Å². The fraction of sp³-hybridized carbons (Fsp3) is 0.455. The van der Waals surface area contributed by atoms with Gasteiger partial charge in [-0.2, -0.15) is 0 Å². The molecule has 12 rings (SSSR count). The number of imide groups is 2. The maximum Gasteiger partial charge on any atom is 0.471 e. The summed E-state index contributed by atoms with van der Waals surface area (Å²) in [5.74, 6) is -2.46. The maximum atomic E-state index is 14.1. The summed E-state index contributed by atoms with van der Waals surface area (Å²) >= 11 is 0. The Labute approximate surface area is 458 Å². The van der Waals surface area contributed by atoms with Gasteiger partial charge in [-0.15, -0.1) is 0 Å². The predicted molar refractivity (Wildman–Crippen MR) is 288 cm³/mol. The van der Waals surface area contributed by atoms with Crippen molar-refractivity contribution in [1.29, 1.82) is 0 Å². The van der Waals surface area contributed by atoms with E-state index in [0.717, 1.165) is 61.8 Å². The van der Waals surface area contributed by atoms with Gasteiger partial charge in [0.15, 0.2) is 0 Å². The minimum Gasteiger partial charge on any atom is -0.489 e. The molecule has 1 aromatic carbocycles. The molecule has 10 heterocycles. The second-order valence-electron chi connectivity index (χ2n) is 22.4. The van der Waals surface area contributed by atoms with Crippen LogP contribution in [-0.4, -0.2) is 148 Å². The van der Waals surface area contributed by atoms with Crippen LogP contribution in [0, 0.1) is 5.41 Å². The minimum atomic E-state index is -5.10. The first-order chi connectivity index (χ1) is 38.9. The van der Waals surface area contributed by atoms with Crippen LogP contribution in [0.15, 0.2) is 65.8 Å². The van der Waals surface area contributed by atoms with E-state index in [1.165, 1.54) is 30.2 Å². The lowest BCUT2D eigenvalue weighted by molar-refractivity contribution is -0.161. The summed E-state index contributed by atoms with van der Waals surface area (Å²) in [4.78, 5) is 120. The van der Waals surface area contributed by atoms with E-state index in [4.69, 9.17) is 8.85 Å². The number of fused-ring (bicyclic) bond motifs is 7. The van der Waals surface area contributed by atoms with Gasteiger partial charge >= 0.3 is 7.82 Å². The Kier molecular flexibility index (Phi) is 12.1. The highest BCUT2D eigenvalue weighted by molar-refractivity contribution is 7.46. The summed E-state index contributed by atoms with van der Waals surface area (Å²) in [7, 11) is -5.10. The van der Waals surface area contributed by atoms with Crippen LogP contribution in [0.3, 0.4) is 0 Å². The van der Waals surface area contributed by atoms with Crippen molar-refractivity contribution >= 4 is 66.1 Å². The number of ether oxygens (including phenoxy) is 1. The third-order valence-corrected chi connectivity index (χ3v) is 17.3. The summed E-state index contributed by atoms with van der Waals surface area (Å²) in [5.41, 5.74) is 4.80. The molecule has 79 heavy (non-hydrogen) atoms. The molecule has 0 spiro atoms. The van der Waals surface area contributed by atoms with Crippen molar-refractivity contribution in [3.63, 3.8) is 0 Å². The highest BCUT2D eigenvalue weighted by atomic mass is 31.2. The van der Waals surface area contributed by atoms with Gasteiger partial charge in [-0.3, -0.25) is 52.9 Å². The van der Waals surface area contributed by atoms with E-state index >= 15 is 0 Å². The van der Waals surface area contributed by atoms with Crippen molar-refractivity contribution in [2.75, 3.05) is 59.3 Å². The number of piperidine rings is 2. The average molecular weight is 1100 g/mol. The lowest BCUT2D eigenvalue weighted by Crippen LogP contribution is -2.59. The van der Waals surface area contributed by atoms with Gasteiger partial charge < -0.3 is 43.9 Å². The molecule has 3 saturated heterocycles. The lowest BCUT2D eigenvalue weighted by atomic mass is 9.90. The van der Waals surface area contributed by atoms with E-state index in [-0.39, 0.29) is 64.9 Å². The van der Waals surface area contributed by atoms with Crippen molar-refractivity contribution in [3.8, 4) is 16.9 Å². The van der Waals surface area contributed by atoms with Crippen LogP contribution in [0.2, 0.25) is 0 Å². The number of aromatic nitrogens is 4. The zero-order valence-electron chi connectivity index (χ0n) is 47.0. The van der Waals surface area contributed by atoms with E-state index < -0.39 is 62.9 Å². The molecule has 7 aliphatic rings. The molecule has 0 radical (unpaired) electrons. The quantitative estimate of drug-likeness (QED) is 0.107. The molecule has 4 N–H and O–H groups in total. The number of aryl methyl sites for hydroxylation is 1. The number of anilines is 5. The summed E-state index contributed by atoms with van der Waals surface area (Å²) in [6, 6.07) is 10.7. The number of carbonyl (C=O) groups excluding carboxylic acids is 5. The van der Waals surface area contributed by atoms with Gasteiger partial charge in [0.25, 0.3) is 29.2 Å². The Hall–Kier alpha value is -7.27. The summed E-state index contributed by atoms with van der Waals surface area (Å²) in [6.07, 6.45) is 5.69. The molecular weight excluding hydrogens is 1040 g/mol. The molecule has 24 heteroatoms. The number of nitrogens with one attached hydrogen (secondary N) is 1. The molecule has 3 fully saturated rings. The van der Waals surface area contributed by atoms with Gasteiger partial charge in [0.2, 0.25) is 5.91 Å². The highest BCUT2D eigenvalue weighted by Crippen LogP contribution is 2.45. The highest BCUT2D eigenvalue weighted by Gasteiger charge is 2.50. The molecule has 4 aromatic heterocycles. The Morgan fingerprint density at radius 2 is 1.71 bits per heavy atom. The number of nitrogens with zero attached hydrogens (tertiary/aromatic N) is 10. The number of hydrogen-bond acceptors (Lipinski definition) is 16. The fourth-order valence-electron chi connectivity index (χ4n) is 13.1. The third kappa shape index (κ3) is 9.18. The number of hydrogen-bond donors (Lipinski definition) is 4. The van der Waals surface area contributed by atoms with Crippen LogP contribution in [0.1, 0.15) is 106 Å². The molecule has 1 unspecified atom stereocenters. The van der Waals surface area contributed by atoms with Gasteiger partial charge in [0.1, 0.15) is 47.6 Å². The molecule has 0 bridgehead atoms. The van der Waals surface area contributed by atoms with E-state index in [0.29, 0.717) is 81.9 Å². The number of rotatable bonds is 11. The van der Waals surface area contributed by atoms with Gasteiger partial charge in [-0.1, -0.05) is 13.8 Å². The number of amides is 5. The second-order valence-corrected chi connectivity index (χ2v) is 23.6. The number of phosphoric acid groups is 1. The van der Waals surface area contributed by atoms with E-state index in [1.54, 1.807) is 29.3 Å². The first-order valence-electron chi connectivity index (χ1n) is 28.1. The molecule has 0 saturated carbocycles. The van der Waals surface area contributed by atoms with Crippen LogP contribution in [0.4, 0.5) is 28.7 Å². The predicted octanol–water partition coefficient (Wildman–Crippen LogP) is 4.17. The molecule has 5 amide bonds. The van der Waals surface area contributed by atoms with E-state index in [2.05, 4.69) is 59.8 Å². The fourth-order valence-corrected chi connectivity index (χ4v) is 13.6. The zero-order valence-corrected chi connectivity index (χ0v) is 44.9. The monoisotopic (exact) mass is 1100 g/mol. The number of aliphatic hydroxyl groups is 1. The Balaban J connectivity index is 0.702. The van der Waals surface area contributed by atoms with Gasteiger partial charge in [0, 0.05) is 98.1 Å². The molecular formula is C55H62N11O12P. The van der Waals surface area contributed by atoms with Crippen LogP contribution in [0.25, 0.3) is 11.1 Å². The molecule has 5 atom stereocenters. The van der Waals surface area contributed by atoms with Crippen LogP contribution in [-0.2, 0) is 51.6 Å². The molecule has 6 aliphatic heterocycles.